The van der Waals surface area contributed by atoms with E-state index in [4.69, 9.17) is 20.9 Å². The van der Waals surface area contributed by atoms with Gasteiger partial charge in [-0.25, -0.2) is 0 Å². The average Bonchev–Trinajstić information content (AvgIpc) is 3.29. The fourth-order valence-corrected chi connectivity index (χ4v) is 3.74. The number of aromatic nitrogens is 2. The van der Waals surface area contributed by atoms with E-state index < -0.39 is 0 Å². The van der Waals surface area contributed by atoms with Gasteiger partial charge in [0.15, 0.2) is 12.4 Å². The summed E-state index contributed by atoms with van der Waals surface area (Å²) >= 11 is 6.39. The van der Waals surface area contributed by atoms with Gasteiger partial charge in [0.25, 0.3) is 0 Å². The zero-order valence-corrected chi connectivity index (χ0v) is 17.7. The molecule has 0 unspecified atom stereocenters. The molecular formula is C24H21ClN2O3. The van der Waals surface area contributed by atoms with Gasteiger partial charge in [-0.05, 0) is 50.1 Å². The molecule has 2 aromatic carbocycles. The molecule has 5 nitrogen and oxygen atoms in total. The van der Waals surface area contributed by atoms with Gasteiger partial charge in [-0.3, -0.25) is 9.36 Å². The molecule has 0 fully saturated rings. The standard InChI is InChI=1S/C24H21ClN2O3/c1-15-11-20(17(3)27(15)24-12-16(2)30-26-24)22(28)14-29-23-10-9-19(13-21(23)25)18-7-5-4-6-8-18/h4-13H,14H2,1-3H3. The van der Waals surface area contributed by atoms with Crippen molar-refractivity contribution in [3.8, 4) is 22.7 Å². The highest BCUT2D eigenvalue weighted by Gasteiger charge is 2.19. The van der Waals surface area contributed by atoms with Crippen LogP contribution in [-0.2, 0) is 0 Å². The highest BCUT2D eigenvalue weighted by atomic mass is 35.5. The third-order valence-corrected chi connectivity index (χ3v) is 5.27. The molecule has 0 saturated carbocycles. The van der Waals surface area contributed by atoms with Crippen molar-refractivity contribution in [3.05, 3.63) is 88.4 Å². The van der Waals surface area contributed by atoms with Gasteiger partial charge in [-0.15, -0.1) is 0 Å². The van der Waals surface area contributed by atoms with Gasteiger partial charge < -0.3 is 9.26 Å². The molecule has 0 aliphatic carbocycles. The Morgan fingerprint density at radius 3 is 2.47 bits per heavy atom. The van der Waals surface area contributed by atoms with Crippen LogP contribution >= 0.6 is 11.6 Å². The molecule has 2 aromatic heterocycles. The average molecular weight is 421 g/mol. The largest absolute Gasteiger partial charge is 0.484 e. The summed E-state index contributed by atoms with van der Waals surface area (Å²) < 4.78 is 12.8. The molecule has 0 bridgehead atoms. The molecule has 6 heteroatoms. The second-order valence-corrected chi connectivity index (χ2v) is 7.55. The smallest absolute Gasteiger partial charge is 0.202 e. The molecule has 4 aromatic rings. The number of benzene rings is 2. The third-order valence-electron chi connectivity index (χ3n) is 4.97. The lowest BCUT2D eigenvalue weighted by Gasteiger charge is -2.10. The zero-order valence-electron chi connectivity index (χ0n) is 17.0. The number of carbonyl (C=O) groups is 1. The van der Waals surface area contributed by atoms with Crippen molar-refractivity contribution in [2.45, 2.75) is 20.8 Å². The minimum atomic E-state index is -0.127. The van der Waals surface area contributed by atoms with E-state index in [1.54, 1.807) is 6.07 Å². The Kier molecular flexibility index (Phi) is 5.46. The SMILES string of the molecule is Cc1cc(-n2c(C)cc(C(=O)COc3ccc(-c4ccccc4)cc3Cl)c2C)no1. The van der Waals surface area contributed by atoms with E-state index in [0.29, 0.717) is 27.9 Å². The van der Waals surface area contributed by atoms with E-state index >= 15 is 0 Å². The van der Waals surface area contributed by atoms with Crippen molar-refractivity contribution in [1.29, 1.82) is 0 Å². The van der Waals surface area contributed by atoms with Gasteiger partial charge in [0.05, 0.1) is 5.02 Å². The number of aryl methyl sites for hydroxylation is 2. The topological polar surface area (TPSA) is 57.3 Å². The Bertz CT molecular complexity index is 1210. The fourth-order valence-electron chi connectivity index (χ4n) is 3.51. The van der Waals surface area contributed by atoms with E-state index in [1.807, 2.05) is 79.9 Å². The van der Waals surface area contributed by atoms with Crippen LogP contribution in [0.15, 0.2) is 65.2 Å². The second-order valence-electron chi connectivity index (χ2n) is 7.14. The van der Waals surface area contributed by atoms with E-state index in [-0.39, 0.29) is 12.4 Å². The zero-order chi connectivity index (χ0) is 21.3. The van der Waals surface area contributed by atoms with Crippen molar-refractivity contribution < 1.29 is 14.1 Å². The van der Waals surface area contributed by atoms with E-state index in [9.17, 15) is 4.79 Å². The van der Waals surface area contributed by atoms with Crippen molar-refractivity contribution in [2.75, 3.05) is 6.61 Å². The Labute approximate surface area is 179 Å². The van der Waals surface area contributed by atoms with Crippen molar-refractivity contribution in [1.82, 2.24) is 9.72 Å². The number of nitrogens with zero attached hydrogens (tertiary/aromatic N) is 2. The lowest BCUT2D eigenvalue weighted by atomic mass is 10.1. The molecule has 30 heavy (non-hydrogen) atoms. The summed E-state index contributed by atoms with van der Waals surface area (Å²) in [5.74, 6) is 1.72. The summed E-state index contributed by atoms with van der Waals surface area (Å²) in [6.07, 6.45) is 0. The van der Waals surface area contributed by atoms with Gasteiger partial charge in [0, 0.05) is 23.0 Å². The molecule has 0 radical (unpaired) electrons. The monoisotopic (exact) mass is 420 g/mol. The van der Waals surface area contributed by atoms with Gasteiger partial charge in [-0.1, -0.05) is 53.2 Å². The van der Waals surface area contributed by atoms with Crippen LogP contribution in [0, 0.1) is 20.8 Å². The predicted molar refractivity (Wildman–Crippen MR) is 117 cm³/mol. The van der Waals surface area contributed by atoms with Gasteiger partial charge in [-0.2, -0.15) is 0 Å². The highest BCUT2D eigenvalue weighted by Crippen LogP contribution is 2.30. The lowest BCUT2D eigenvalue weighted by molar-refractivity contribution is 0.0921. The summed E-state index contributed by atoms with van der Waals surface area (Å²) in [5, 5.41) is 4.51. The Morgan fingerprint density at radius 1 is 1.03 bits per heavy atom. The molecule has 0 aliphatic heterocycles. The number of hydrogen-bond donors (Lipinski definition) is 0. The van der Waals surface area contributed by atoms with E-state index in [1.165, 1.54) is 0 Å². The first-order valence-electron chi connectivity index (χ1n) is 9.57. The number of halogens is 1. The highest BCUT2D eigenvalue weighted by molar-refractivity contribution is 6.32. The molecule has 0 spiro atoms. The summed E-state index contributed by atoms with van der Waals surface area (Å²) in [6.45, 7) is 5.53. The van der Waals surface area contributed by atoms with Gasteiger partial charge in [0.1, 0.15) is 11.5 Å². The van der Waals surface area contributed by atoms with E-state index in [0.717, 1.165) is 22.5 Å². The Morgan fingerprint density at radius 2 is 1.80 bits per heavy atom. The third kappa shape index (κ3) is 3.89. The summed E-state index contributed by atoms with van der Waals surface area (Å²) in [5.41, 5.74) is 4.34. The predicted octanol–water partition coefficient (Wildman–Crippen LogP) is 5.97. The summed E-state index contributed by atoms with van der Waals surface area (Å²) in [7, 11) is 0. The summed E-state index contributed by atoms with van der Waals surface area (Å²) in [6, 6.07) is 19.2. The minimum absolute atomic E-state index is 0.105. The van der Waals surface area contributed by atoms with Crippen LogP contribution in [-0.4, -0.2) is 22.1 Å². The first-order chi connectivity index (χ1) is 14.4. The first kappa shape index (κ1) is 20.0. The number of carbonyl (C=O) groups excluding carboxylic acids is 1. The molecule has 152 valence electrons. The first-order valence-corrected chi connectivity index (χ1v) is 9.95. The lowest BCUT2D eigenvalue weighted by Crippen LogP contribution is -2.13. The second kappa shape index (κ2) is 8.20. The number of ether oxygens (including phenoxy) is 1. The Balaban J connectivity index is 1.50. The summed E-state index contributed by atoms with van der Waals surface area (Å²) in [4.78, 5) is 12.8. The van der Waals surface area contributed by atoms with Crippen LogP contribution in [0.5, 0.6) is 5.75 Å². The molecule has 0 saturated heterocycles. The molecule has 0 aliphatic rings. The fraction of sp³-hybridized carbons (Fsp3) is 0.167. The van der Waals surface area contributed by atoms with Crippen molar-refractivity contribution >= 4 is 17.4 Å². The molecule has 0 N–H and O–H groups in total. The normalized spacial score (nSPS) is 10.9. The van der Waals surface area contributed by atoms with Crippen LogP contribution in [0.3, 0.4) is 0 Å². The molecule has 0 amide bonds. The molecule has 4 rings (SSSR count). The molecular weight excluding hydrogens is 400 g/mol. The number of hydrogen-bond acceptors (Lipinski definition) is 4. The van der Waals surface area contributed by atoms with Crippen molar-refractivity contribution in [2.24, 2.45) is 0 Å². The van der Waals surface area contributed by atoms with E-state index in [2.05, 4.69) is 5.16 Å². The maximum Gasteiger partial charge on any atom is 0.202 e. The minimum Gasteiger partial charge on any atom is -0.484 e. The van der Waals surface area contributed by atoms with Gasteiger partial charge >= 0.3 is 0 Å². The quantitative estimate of drug-likeness (QED) is 0.360. The van der Waals surface area contributed by atoms with Crippen LogP contribution in [0.25, 0.3) is 16.9 Å². The number of Topliss-reactive ketones (excluding diaryl/α,β-unsaturated/α-hetero) is 1. The Hall–Kier alpha value is -3.31. The molecule has 0 atom stereocenters. The van der Waals surface area contributed by atoms with Crippen LogP contribution < -0.4 is 4.74 Å². The van der Waals surface area contributed by atoms with Crippen LogP contribution in [0.4, 0.5) is 0 Å². The number of rotatable bonds is 6. The molecule has 2 heterocycles. The van der Waals surface area contributed by atoms with Crippen molar-refractivity contribution in [3.63, 3.8) is 0 Å². The van der Waals surface area contributed by atoms with Gasteiger partial charge in [0.2, 0.25) is 5.78 Å². The maximum absolute atomic E-state index is 12.8. The maximum atomic E-state index is 12.8. The number of ketones is 1. The van der Waals surface area contributed by atoms with Crippen LogP contribution in [0.1, 0.15) is 27.5 Å². The van der Waals surface area contributed by atoms with Crippen LogP contribution in [0.2, 0.25) is 5.02 Å².